The molecule has 2 heterocycles. The first-order valence-electron chi connectivity index (χ1n) is 26.9. The monoisotopic (exact) mass is 955 g/mol. The van der Waals surface area contributed by atoms with Crippen molar-refractivity contribution < 1.29 is 53.3 Å². The molecule has 2 saturated heterocycles. The van der Waals surface area contributed by atoms with Crippen LogP contribution in [0.2, 0.25) is 0 Å². The van der Waals surface area contributed by atoms with E-state index in [-0.39, 0.29) is 25.2 Å². The van der Waals surface area contributed by atoms with Crippen LogP contribution in [-0.4, -0.2) is 124 Å². The van der Waals surface area contributed by atoms with Gasteiger partial charge in [0, 0.05) is 26.4 Å². The smallest absolute Gasteiger partial charge is 0.430 e. The number of alkyl halides is 1. The fourth-order valence-corrected chi connectivity index (χ4v) is 7.88. The number of rotatable bonds is 42. The van der Waals surface area contributed by atoms with E-state index in [0.29, 0.717) is 50.3 Å². The maximum absolute atomic E-state index is 10.7. The van der Waals surface area contributed by atoms with E-state index in [1.165, 1.54) is 154 Å². The van der Waals surface area contributed by atoms with Gasteiger partial charge in [-0.2, -0.15) is 0 Å². The molecule has 2 fully saturated rings. The minimum Gasteiger partial charge on any atom is -0.430 e. The molecule has 2 rings (SSSR count). The predicted molar refractivity (Wildman–Crippen MR) is 269 cm³/mol. The van der Waals surface area contributed by atoms with Gasteiger partial charge >= 0.3 is 6.16 Å². The Morgan fingerprint density at radius 3 is 1.14 bits per heavy atom. The molecular weight excluding hydrogens is 848 g/mol. The summed E-state index contributed by atoms with van der Waals surface area (Å²) in [6.45, 7) is 23.9. The van der Waals surface area contributed by atoms with Gasteiger partial charge in [-0.1, -0.05) is 158 Å². The van der Waals surface area contributed by atoms with E-state index in [0.717, 1.165) is 39.0 Å². The average molecular weight is 956 g/mol. The lowest BCUT2D eigenvalue weighted by atomic mass is 9.97. The highest BCUT2D eigenvalue weighted by molar-refractivity contribution is 6.18. The van der Waals surface area contributed by atoms with E-state index in [1.807, 2.05) is 0 Å². The molecular formula is C53H107ClO11. The molecule has 0 bridgehead atoms. The summed E-state index contributed by atoms with van der Waals surface area (Å²) in [5, 5.41) is 27.0. The minimum absolute atomic E-state index is 0.213. The van der Waals surface area contributed by atoms with Gasteiger partial charge in [0.25, 0.3) is 0 Å². The lowest BCUT2D eigenvalue weighted by Gasteiger charge is -2.17. The summed E-state index contributed by atoms with van der Waals surface area (Å²) in [5.74, 6) is 2.94. The first-order valence-corrected chi connectivity index (χ1v) is 27.4. The van der Waals surface area contributed by atoms with Crippen LogP contribution >= 0.6 is 11.6 Å². The predicted octanol–water partition coefficient (Wildman–Crippen LogP) is 12.9. The Labute approximate surface area is 405 Å². The highest BCUT2D eigenvalue weighted by atomic mass is 35.5. The van der Waals surface area contributed by atoms with Crippen LogP contribution in [0.4, 0.5) is 4.79 Å². The van der Waals surface area contributed by atoms with E-state index in [1.54, 1.807) is 0 Å². The van der Waals surface area contributed by atoms with E-state index in [2.05, 4.69) is 55.4 Å². The van der Waals surface area contributed by atoms with Crippen molar-refractivity contribution in [3.63, 3.8) is 0 Å². The molecule has 0 spiro atoms. The van der Waals surface area contributed by atoms with Crippen LogP contribution in [0.25, 0.3) is 0 Å². The molecule has 392 valence electrons. The Hall–Kier alpha value is -0.760. The molecule has 8 unspecified atom stereocenters. The van der Waals surface area contributed by atoms with Crippen LogP contribution in [-0.2, 0) is 33.2 Å². The van der Waals surface area contributed by atoms with Crippen molar-refractivity contribution in [3.8, 4) is 0 Å². The van der Waals surface area contributed by atoms with Crippen LogP contribution in [0, 0.1) is 23.7 Å². The molecule has 0 radical (unpaired) electrons. The largest absolute Gasteiger partial charge is 0.508 e. The van der Waals surface area contributed by atoms with E-state index >= 15 is 0 Å². The molecule has 11 nitrogen and oxygen atoms in total. The molecule has 65 heavy (non-hydrogen) atoms. The number of unbranched alkanes of at least 4 members (excludes halogenated alkanes) is 8. The topological polar surface area (TPSA) is 146 Å². The number of carbonyl (C=O) groups is 1. The average Bonchev–Trinajstić information content (AvgIpc) is 4.04. The SMILES string of the molecule is CCCCCC(CCC)COCC(O)CCl.CCCCCC(CCC)COCC(O)CO.CCCCCC(CCC)COCC1CO1.CCCCCC(CCC)COCC1COC(=O)O1. The number of aliphatic hydroxyl groups is 3. The lowest BCUT2D eigenvalue weighted by Crippen LogP contribution is -2.21. The Morgan fingerprint density at radius 2 is 0.846 bits per heavy atom. The van der Waals surface area contributed by atoms with Crippen molar-refractivity contribution in [2.75, 3.05) is 78.6 Å². The van der Waals surface area contributed by atoms with Gasteiger partial charge in [0.05, 0.1) is 51.6 Å². The van der Waals surface area contributed by atoms with Crippen molar-refractivity contribution in [3.05, 3.63) is 0 Å². The zero-order valence-electron chi connectivity index (χ0n) is 43.6. The van der Waals surface area contributed by atoms with Gasteiger partial charge in [-0.05, 0) is 75.0 Å². The van der Waals surface area contributed by atoms with Gasteiger partial charge in [0.15, 0.2) is 6.10 Å². The second-order valence-electron chi connectivity index (χ2n) is 18.7. The van der Waals surface area contributed by atoms with Crippen molar-refractivity contribution >= 4 is 17.8 Å². The zero-order chi connectivity index (χ0) is 48.6. The van der Waals surface area contributed by atoms with Crippen LogP contribution < -0.4 is 0 Å². The molecule has 0 aromatic carbocycles. The number of halogens is 1. The van der Waals surface area contributed by atoms with Crippen LogP contribution in [0.1, 0.15) is 209 Å². The van der Waals surface area contributed by atoms with Gasteiger partial charge in [0.1, 0.15) is 18.8 Å². The number of hydrogen-bond acceptors (Lipinski definition) is 11. The summed E-state index contributed by atoms with van der Waals surface area (Å²) >= 11 is 5.50. The van der Waals surface area contributed by atoms with Crippen molar-refractivity contribution in [2.24, 2.45) is 23.7 Å². The van der Waals surface area contributed by atoms with Crippen LogP contribution in [0.15, 0.2) is 0 Å². The number of ether oxygens (including phenoxy) is 7. The number of cyclic esters (lactones) is 2. The van der Waals surface area contributed by atoms with Crippen molar-refractivity contribution in [2.45, 2.75) is 234 Å². The summed E-state index contributed by atoms with van der Waals surface area (Å²) in [7, 11) is 0. The number of carbonyl (C=O) groups excluding carboxylic acids is 1. The van der Waals surface area contributed by atoms with E-state index < -0.39 is 18.4 Å². The molecule has 2 aliphatic rings. The van der Waals surface area contributed by atoms with Gasteiger partial charge in [-0.25, -0.2) is 4.79 Å². The second kappa shape index (κ2) is 51.1. The maximum atomic E-state index is 10.7. The summed E-state index contributed by atoms with van der Waals surface area (Å²) in [6, 6.07) is 0. The third-order valence-electron chi connectivity index (χ3n) is 11.7. The highest BCUT2D eigenvalue weighted by Gasteiger charge is 2.25. The molecule has 12 heteroatoms. The summed E-state index contributed by atoms with van der Waals surface area (Å²) in [4.78, 5) is 10.7. The summed E-state index contributed by atoms with van der Waals surface area (Å²) in [5.41, 5.74) is 0. The molecule has 3 N–H and O–H groups in total. The van der Waals surface area contributed by atoms with Gasteiger partial charge < -0.3 is 48.5 Å². The molecule has 2 aliphatic heterocycles. The maximum Gasteiger partial charge on any atom is 0.508 e. The van der Waals surface area contributed by atoms with Gasteiger partial charge in [-0.15, -0.1) is 11.6 Å². The lowest BCUT2D eigenvalue weighted by molar-refractivity contribution is -0.00658. The van der Waals surface area contributed by atoms with E-state index in [4.69, 9.17) is 55.0 Å². The third-order valence-corrected chi connectivity index (χ3v) is 12.1. The van der Waals surface area contributed by atoms with Gasteiger partial charge in [0.2, 0.25) is 0 Å². The van der Waals surface area contributed by atoms with Crippen molar-refractivity contribution in [1.82, 2.24) is 0 Å². The first kappa shape index (κ1) is 66.3. The van der Waals surface area contributed by atoms with Crippen LogP contribution in [0.3, 0.4) is 0 Å². The fraction of sp³-hybridized carbons (Fsp3) is 0.981. The summed E-state index contributed by atoms with van der Waals surface area (Å²) < 4.78 is 37.0. The molecule has 0 amide bonds. The molecule has 0 saturated carbocycles. The zero-order valence-corrected chi connectivity index (χ0v) is 44.3. The Bertz CT molecular complexity index is 914. The fourth-order valence-electron chi connectivity index (χ4n) is 7.79. The second-order valence-corrected chi connectivity index (χ2v) is 19.0. The molecule has 0 aromatic heterocycles. The molecule has 0 aromatic rings. The quantitative estimate of drug-likeness (QED) is 0.0233. The number of epoxide rings is 1. The minimum atomic E-state index is -0.724. The van der Waals surface area contributed by atoms with Crippen molar-refractivity contribution in [1.29, 1.82) is 0 Å². The standard InChI is InChI=1S/C14H26O4.C13H27ClO2.C13H28O3.C13H26O2/c1-3-5-6-8-12(7-4-2)9-16-10-13-11-17-14(15)18-13;2*1-3-5-6-8-12(7-4-2)10-16-11-13(15)9-14;1-3-5-6-8-12(7-4-2)9-14-10-13-11-15-13/h12-13H,3-11H2,1-2H3;12-13,15H,3-11H2,1-2H3;12-15H,3-11H2,1-2H3;12-13H,3-11H2,1-2H3. The molecule has 0 aliphatic carbocycles. The molecule has 8 atom stereocenters. The normalized spacial score (nSPS) is 18.1. The Kier molecular flexibility index (Phi) is 52.1. The Balaban J connectivity index is 0. The summed E-state index contributed by atoms with van der Waals surface area (Å²) in [6.07, 6.45) is 28.8. The van der Waals surface area contributed by atoms with Gasteiger partial charge in [-0.3, -0.25) is 0 Å². The first-order chi connectivity index (χ1) is 31.6. The number of aliphatic hydroxyl groups excluding tert-OH is 3. The third kappa shape index (κ3) is 46.7. The Morgan fingerprint density at radius 1 is 0.492 bits per heavy atom. The van der Waals surface area contributed by atoms with E-state index in [9.17, 15) is 9.90 Å². The highest BCUT2D eigenvalue weighted by Crippen LogP contribution is 2.20. The van der Waals surface area contributed by atoms with Crippen LogP contribution in [0.5, 0.6) is 0 Å². The number of hydrogen-bond donors (Lipinski definition) is 3.